The molecule has 0 saturated heterocycles. The summed E-state index contributed by atoms with van der Waals surface area (Å²) < 4.78 is 14.1. The number of hydrogen-bond donors (Lipinski definition) is 1. The van der Waals surface area contributed by atoms with E-state index in [-0.39, 0.29) is 11.4 Å². The number of fused-ring (bicyclic) bond motifs is 1. The van der Waals surface area contributed by atoms with Gasteiger partial charge in [0.1, 0.15) is 5.52 Å². The molecule has 0 aliphatic carbocycles. The monoisotopic (exact) mass is 291 g/mol. The Kier molecular flexibility index (Phi) is 5.03. The van der Waals surface area contributed by atoms with Crippen molar-refractivity contribution in [1.82, 2.24) is 4.98 Å². The molecule has 0 saturated carbocycles. The Morgan fingerprint density at radius 2 is 2.19 bits per heavy atom. The molecule has 2 aromatic rings. The number of nitro benzene ring substituents is 1. The smallest absolute Gasteiger partial charge is 0.281 e. The van der Waals surface area contributed by atoms with Gasteiger partial charge in [0.05, 0.1) is 22.1 Å². The molecule has 112 valence electrons. The number of unbranched alkanes of at least 4 members (excludes halogenated alkanes) is 3. The van der Waals surface area contributed by atoms with E-state index >= 15 is 0 Å². The van der Waals surface area contributed by atoms with Crippen molar-refractivity contribution in [1.29, 1.82) is 0 Å². The fraction of sp³-hybridized carbons (Fsp3) is 0.400. The topological polar surface area (TPSA) is 68.1 Å². The first-order chi connectivity index (χ1) is 10.1. The molecule has 1 heterocycles. The van der Waals surface area contributed by atoms with E-state index in [9.17, 15) is 14.5 Å². The highest BCUT2D eigenvalue weighted by atomic mass is 19.1. The van der Waals surface area contributed by atoms with Gasteiger partial charge in [-0.25, -0.2) is 4.39 Å². The van der Waals surface area contributed by atoms with Gasteiger partial charge in [0.2, 0.25) is 0 Å². The van der Waals surface area contributed by atoms with Gasteiger partial charge in [-0.1, -0.05) is 26.2 Å². The van der Waals surface area contributed by atoms with Crippen LogP contribution >= 0.6 is 0 Å². The Bertz CT molecular complexity index is 646. The van der Waals surface area contributed by atoms with Crippen LogP contribution in [0, 0.1) is 15.9 Å². The van der Waals surface area contributed by atoms with Crippen LogP contribution in [0.25, 0.3) is 10.9 Å². The molecule has 0 fully saturated rings. The third kappa shape index (κ3) is 3.45. The second-order valence-corrected chi connectivity index (χ2v) is 4.90. The summed E-state index contributed by atoms with van der Waals surface area (Å²) in [6.45, 7) is 2.75. The number of non-ortho nitro benzene ring substituents is 1. The van der Waals surface area contributed by atoms with Crippen LogP contribution in [0.1, 0.15) is 32.6 Å². The summed E-state index contributed by atoms with van der Waals surface area (Å²) in [7, 11) is 0. The number of nitro groups is 1. The minimum Gasteiger partial charge on any atom is -0.381 e. The largest absolute Gasteiger partial charge is 0.381 e. The van der Waals surface area contributed by atoms with Gasteiger partial charge in [-0.15, -0.1) is 0 Å². The molecule has 0 aliphatic rings. The maximum atomic E-state index is 14.1. The third-order valence-electron chi connectivity index (χ3n) is 3.35. The zero-order chi connectivity index (χ0) is 15.2. The Morgan fingerprint density at radius 1 is 1.38 bits per heavy atom. The van der Waals surface area contributed by atoms with Gasteiger partial charge in [0.15, 0.2) is 5.82 Å². The molecule has 0 bridgehead atoms. The first kappa shape index (κ1) is 15.2. The van der Waals surface area contributed by atoms with Crippen molar-refractivity contribution in [2.24, 2.45) is 0 Å². The lowest BCUT2D eigenvalue weighted by molar-refractivity contribution is -0.383. The van der Waals surface area contributed by atoms with Crippen LogP contribution in [0.15, 0.2) is 24.4 Å². The van der Waals surface area contributed by atoms with Gasteiger partial charge in [0.25, 0.3) is 5.69 Å². The standard InChI is InChI=1S/C15H18FN3O2/c1-2-3-4-5-8-18-15-12(16)10-13(19(20)21)11-7-6-9-17-14(11)15/h6-7,9-10,18H,2-5,8H2,1H3. The summed E-state index contributed by atoms with van der Waals surface area (Å²) in [6.07, 6.45) is 5.79. The molecule has 0 spiro atoms. The van der Waals surface area contributed by atoms with Crippen molar-refractivity contribution < 1.29 is 9.31 Å². The number of halogens is 1. The Hall–Kier alpha value is -2.24. The number of hydrogen-bond acceptors (Lipinski definition) is 4. The van der Waals surface area contributed by atoms with Gasteiger partial charge < -0.3 is 5.32 Å². The molecule has 0 aliphatic heterocycles. The molecule has 5 nitrogen and oxygen atoms in total. The minimum absolute atomic E-state index is 0.243. The van der Waals surface area contributed by atoms with Gasteiger partial charge in [-0.3, -0.25) is 15.1 Å². The van der Waals surface area contributed by atoms with E-state index in [1.54, 1.807) is 12.1 Å². The third-order valence-corrected chi connectivity index (χ3v) is 3.35. The average molecular weight is 291 g/mol. The molecule has 1 aromatic heterocycles. The van der Waals surface area contributed by atoms with Crippen molar-refractivity contribution in [2.75, 3.05) is 11.9 Å². The fourth-order valence-electron chi connectivity index (χ4n) is 2.28. The van der Waals surface area contributed by atoms with Gasteiger partial charge >= 0.3 is 0 Å². The summed E-state index contributed by atoms with van der Waals surface area (Å²) in [4.78, 5) is 14.5. The van der Waals surface area contributed by atoms with Crippen molar-refractivity contribution >= 4 is 22.3 Å². The second kappa shape index (κ2) is 6.97. The summed E-state index contributed by atoms with van der Waals surface area (Å²) in [6, 6.07) is 4.15. The SMILES string of the molecule is CCCCCCNc1c(F)cc([N+](=O)[O-])c2cccnc12. The maximum Gasteiger partial charge on any atom is 0.281 e. The van der Waals surface area contributed by atoms with Gasteiger partial charge in [0, 0.05) is 12.7 Å². The molecule has 1 aromatic carbocycles. The minimum atomic E-state index is -0.636. The van der Waals surface area contributed by atoms with Crippen LogP contribution in [-0.2, 0) is 0 Å². The summed E-state index contributed by atoms with van der Waals surface area (Å²) in [5.74, 6) is -0.636. The van der Waals surface area contributed by atoms with Crippen molar-refractivity contribution in [3.63, 3.8) is 0 Å². The Balaban J connectivity index is 2.29. The van der Waals surface area contributed by atoms with Crippen LogP contribution in [-0.4, -0.2) is 16.5 Å². The Morgan fingerprint density at radius 3 is 2.90 bits per heavy atom. The number of rotatable bonds is 7. The van der Waals surface area contributed by atoms with Crippen LogP contribution < -0.4 is 5.32 Å². The molecule has 2 rings (SSSR count). The zero-order valence-corrected chi connectivity index (χ0v) is 11.9. The van der Waals surface area contributed by atoms with Crippen molar-refractivity contribution in [2.45, 2.75) is 32.6 Å². The summed E-state index contributed by atoms with van der Waals surface area (Å²) >= 11 is 0. The quantitative estimate of drug-likeness (QED) is 0.470. The molecule has 21 heavy (non-hydrogen) atoms. The van der Waals surface area contributed by atoms with E-state index in [0.29, 0.717) is 17.4 Å². The normalized spacial score (nSPS) is 10.8. The van der Waals surface area contributed by atoms with Crippen LogP contribution in [0.3, 0.4) is 0 Å². The van der Waals surface area contributed by atoms with Crippen LogP contribution in [0.2, 0.25) is 0 Å². The van der Waals surface area contributed by atoms with E-state index in [1.165, 1.54) is 6.20 Å². The highest BCUT2D eigenvalue weighted by Gasteiger charge is 2.19. The zero-order valence-electron chi connectivity index (χ0n) is 11.9. The van der Waals surface area contributed by atoms with Crippen LogP contribution in [0.5, 0.6) is 0 Å². The number of nitrogens with one attached hydrogen (secondary N) is 1. The number of aromatic nitrogens is 1. The molecule has 6 heteroatoms. The van der Waals surface area contributed by atoms with Crippen LogP contribution in [0.4, 0.5) is 15.8 Å². The number of pyridine rings is 1. The number of benzene rings is 1. The molecule has 0 amide bonds. The molecular formula is C15H18FN3O2. The molecule has 0 atom stereocenters. The second-order valence-electron chi connectivity index (χ2n) is 4.90. The fourth-order valence-corrected chi connectivity index (χ4v) is 2.28. The van der Waals surface area contributed by atoms with E-state index in [2.05, 4.69) is 17.2 Å². The predicted molar refractivity (Wildman–Crippen MR) is 81.0 cm³/mol. The lowest BCUT2D eigenvalue weighted by Gasteiger charge is -2.10. The van der Waals surface area contributed by atoms with E-state index in [4.69, 9.17) is 0 Å². The van der Waals surface area contributed by atoms with E-state index < -0.39 is 10.7 Å². The first-order valence-electron chi connectivity index (χ1n) is 7.10. The lowest BCUT2D eigenvalue weighted by atomic mass is 10.1. The first-order valence-corrected chi connectivity index (χ1v) is 7.10. The highest BCUT2D eigenvalue weighted by Crippen LogP contribution is 2.32. The van der Waals surface area contributed by atoms with Crippen molar-refractivity contribution in [3.05, 3.63) is 40.3 Å². The van der Waals surface area contributed by atoms with Crippen molar-refractivity contribution in [3.8, 4) is 0 Å². The molecular weight excluding hydrogens is 273 g/mol. The Labute approximate surface area is 122 Å². The van der Waals surface area contributed by atoms with Gasteiger partial charge in [-0.2, -0.15) is 0 Å². The van der Waals surface area contributed by atoms with E-state index in [0.717, 1.165) is 31.7 Å². The predicted octanol–water partition coefficient (Wildman–Crippen LogP) is 4.27. The summed E-state index contributed by atoms with van der Waals surface area (Å²) in [5.41, 5.74) is 0.291. The van der Waals surface area contributed by atoms with E-state index in [1.807, 2.05) is 0 Å². The summed E-state index contributed by atoms with van der Waals surface area (Å²) in [5, 5.41) is 14.4. The number of nitrogens with zero attached hydrogens (tertiary/aromatic N) is 2. The molecule has 1 N–H and O–H groups in total. The maximum absolute atomic E-state index is 14.1. The van der Waals surface area contributed by atoms with Gasteiger partial charge in [-0.05, 0) is 18.6 Å². The lowest BCUT2D eigenvalue weighted by Crippen LogP contribution is -2.06. The highest BCUT2D eigenvalue weighted by molar-refractivity contribution is 5.97. The molecule has 0 radical (unpaired) electrons. The number of anilines is 1. The molecule has 0 unspecified atom stereocenters. The average Bonchev–Trinajstić information content (AvgIpc) is 2.48.